The van der Waals surface area contributed by atoms with Crippen LogP contribution in [0.25, 0.3) is 17.1 Å². The largest absolute Gasteiger partial charge is 0.339 e. The molecule has 1 aliphatic carbocycles. The third-order valence-corrected chi connectivity index (χ3v) is 5.08. The molecule has 2 aromatic carbocycles. The molecule has 2 heterocycles. The molecular weight excluding hydrogens is 404 g/mol. The minimum atomic E-state index is -0.721. The van der Waals surface area contributed by atoms with Gasteiger partial charge < -0.3 is 9.84 Å². The lowest BCUT2D eigenvalue weighted by atomic mass is 10.2. The molecule has 1 amide bonds. The molecule has 31 heavy (non-hydrogen) atoms. The lowest BCUT2D eigenvalue weighted by Gasteiger charge is -2.05. The summed E-state index contributed by atoms with van der Waals surface area (Å²) in [5.74, 6) is -0.353. The summed E-state index contributed by atoms with van der Waals surface area (Å²) < 4.78 is 34.0. The highest BCUT2D eigenvalue weighted by Gasteiger charge is 2.29. The molecule has 2 aromatic heterocycles. The fourth-order valence-electron chi connectivity index (χ4n) is 3.21. The first-order valence-corrected chi connectivity index (χ1v) is 9.75. The molecule has 1 N–H and O–H groups in total. The third kappa shape index (κ3) is 3.81. The fraction of sp³-hybridized carbons (Fsp3) is 0.182. The van der Waals surface area contributed by atoms with E-state index < -0.39 is 17.5 Å². The molecule has 9 heteroatoms. The Morgan fingerprint density at radius 3 is 2.68 bits per heavy atom. The number of carbonyl (C=O) groups excluding carboxylic acids is 1. The van der Waals surface area contributed by atoms with E-state index in [2.05, 4.69) is 20.6 Å². The highest BCUT2D eigenvalue weighted by atomic mass is 19.1. The number of hydrogen-bond acceptors (Lipinski definition) is 5. The van der Waals surface area contributed by atoms with Gasteiger partial charge in [-0.1, -0.05) is 5.16 Å². The lowest BCUT2D eigenvalue weighted by molar-refractivity contribution is 0.102. The maximum atomic E-state index is 13.8. The third-order valence-electron chi connectivity index (χ3n) is 5.08. The standard InChI is InChI=1S/C22H17F2N5O2/c1-12-17(21(30)25-19-10-15(23)6-9-18(19)24)11-29(27-12)16-7-4-13(5-8-16)20-26-22(31-28-20)14-2-3-14/h4-11,14H,2-3H2,1H3,(H,25,30). The number of aromatic nitrogens is 4. The lowest BCUT2D eigenvalue weighted by Crippen LogP contribution is -2.13. The van der Waals surface area contributed by atoms with Crippen LogP contribution in [0, 0.1) is 18.6 Å². The highest BCUT2D eigenvalue weighted by molar-refractivity contribution is 6.05. The molecule has 0 unspecified atom stereocenters. The molecule has 4 aromatic rings. The first kappa shape index (κ1) is 19.1. The van der Waals surface area contributed by atoms with Gasteiger partial charge in [0.05, 0.1) is 22.6 Å². The number of halogens is 2. The predicted molar refractivity (Wildman–Crippen MR) is 108 cm³/mol. The number of rotatable bonds is 5. The number of benzene rings is 2. The van der Waals surface area contributed by atoms with Crippen LogP contribution in [-0.4, -0.2) is 25.8 Å². The van der Waals surface area contributed by atoms with Gasteiger partial charge in [-0.05, 0) is 56.2 Å². The smallest absolute Gasteiger partial charge is 0.259 e. The molecule has 156 valence electrons. The SMILES string of the molecule is Cc1nn(-c2ccc(-c3noc(C4CC4)n3)cc2)cc1C(=O)Nc1cc(F)ccc1F. The van der Waals surface area contributed by atoms with Crippen LogP contribution in [0.4, 0.5) is 14.5 Å². The number of carbonyl (C=O) groups is 1. The van der Waals surface area contributed by atoms with Gasteiger partial charge >= 0.3 is 0 Å². The zero-order valence-corrected chi connectivity index (χ0v) is 16.5. The number of amides is 1. The summed E-state index contributed by atoms with van der Waals surface area (Å²) in [4.78, 5) is 17.0. The van der Waals surface area contributed by atoms with Gasteiger partial charge in [0.1, 0.15) is 11.6 Å². The Bertz CT molecular complexity index is 1280. The summed E-state index contributed by atoms with van der Waals surface area (Å²) in [5, 5.41) is 10.8. The van der Waals surface area contributed by atoms with Gasteiger partial charge in [-0.2, -0.15) is 10.1 Å². The first-order chi connectivity index (χ1) is 15.0. The molecule has 0 saturated heterocycles. The number of aryl methyl sites for hydroxylation is 1. The van der Waals surface area contributed by atoms with E-state index in [0.717, 1.165) is 36.6 Å². The van der Waals surface area contributed by atoms with Crippen LogP contribution in [0.2, 0.25) is 0 Å². The van der Waals surface area contributed by atoms with Crippen molar-refractivity contribution in [2.24, 2.45) is 0 Å². The van der Waals surface area contributed by atoms with Crippen molar-refractivity contribution in [1.82, 2.24) is 19.9 Å². The summed E-state index contributed by atoms with van der Waals surface area (Å²) in [5.41, 5.74) is 1.99. The van der Waals surface area contributed by atoms with Gasteiger partial charge in [-0.15, -0.1) is 0 Å². The first-order valence-electron chi connectivity index (χ1n) is 9.75. The molecule has 7 nitrogen and oxygen atoms in total. The maximum Gasteiger partial charge on any atom is 0.259 e. The fourth-order valence-corrected chi connectivity index (χ4v) is 3.21. The van der Waals surface area contributed by atoms with E-state index in [0.29, 0.717) is 29.0 Å². The van der Waals surface area contributed by atoms with Crippen LogP contribution in [0.15, 0.2) is 53.2 Å². The average Bonchev–Trinajstić information content (AvgIpc) is 3.36. The van der Waals surface area contributed by atoms with Crippen molar-refractivity contribution in [3.05, 3.63) is 77.4 Å². The van der Waals surface area contributed by atoms with E-state index in [1.165, 1.54) is 6.20 Å². The number of nitrogens with zero attached hydrogens (tertiary/aromatic N) is 4. The van der Waals surface area contributed by atoms with E-state index in [-0.39, 0.29) is 11.3 Å². The van der Waals surface area contributed by atoms with Crippen LogP contribution >= 0.6 is 0 Å². The van der Waals surface area contributed by atoms with Crippen molar-refractivity contribution in [2.45, 2.75) is 25.7 Å². The van der Waals surface area contributed by atoms with Gasteiger partial charge in [0, 0.05) is 23.7 Å². The molecular formula is C22H17F2N5O2. The molecule has 0 atom stereocenters. The summed E-state index contributed by atoms with van der Waals surface area (Å²) in [6.45, 7) is 1.67. The zero-order valence-electron chi connectivity index (χ0n) is 16.5. The van der Waals surface area contributed by atoms with E-state index in [9.17, 15) is 13.6 Å². The number of nitrogens with one attached hydrogen (secondary N) is 1. The van der Waals surface area contributed by atoms with Crippen molar-refractivity contribution in [2.75, 3.05) is 5.32 Å². The van der Waals surface area contributed by atoms with E-state index >= 15 is 0 Å². The van der Waals surface area contributed by atoms with E-state index in [1.807, 2.05) is 24.3 Å². The van der Waals surface area contributed by atoms with Crippen LogP contribution in [0.3, 0.4) is 0 Å². The van der Waals surface area contributed by atoms with Gasteiger partial charge in [-0.3, -0.25) is 4.79 Å². The Morgan fingerprint density at radius 2 is 1.94 bits per heavy atom. The molecule has 0 bridgehead atoms. The van der Waals surface area contributed by atoms with E-state index in [4.69, 9.17) is 4.52 Å². The summed E-state index contributed by atoms with van der Waals surface area (Å²) in [6.07, 6.45) is 3.71. The zero-order chi connectivity index (χ0) is 21.5. The van der Waals surface area contributed by atoms with Crippen LogP contribution < -0.4 is 5.32 Å². The molecule has 0 radical (unpaired) electrons. The Balaban J connectivity index is 1.36. The Hall–Kier alpha value is -3.88. The van der Waals surface area contributed by atoms with Gasteiger partial charge in [0.25, 0.3) is 5.91 Å². The molecule has 5 rings (SSSR count). The summed E-state index contributed by atoms with van der Waals surface area (Å²) in [6, 6.07) is 10.2. The summed E-state index contributed by atoms with van der Waals surface area (Å²) in [7, 11) is 0. The number of anilines is 1. The predicted octanol–water partition coefficient (Wildman–Crippen LogP) is 4.64. The maximum absolute atomic E-state index is 13.8. The Morgan fingerprint density at radius 1 is 1.16 bits per heavy atom. The topological polar surface area (TPSA) is 85.8 Å². The van der Waals surface area contributed by atoms with Crippen molar-refractivity contribution >= 4 is 11.6 Å². The van der Waals surface area contributed by atoms with Gasteiger partial charge in [0.15, 0.2) is 0 Å². The van der Waals surface area contributed by atoms with Crippen molar-refractivity contribution < 1.29 is 18.1 Å². The Kier molecular flexibility index (Phi) is 4.58. The number of hydrogen-bond donors (Lipinski definition) is 1. The molecule has 0 aliphatic heterocycles. The second-order valence-corrected chi connectivity index (χ2v) is 7.43. The van der Waals surface area contributed by atoms with Crippen LogP contribution in [0.5, 0.6) is 0 Å². The van der Waals surface area contributed by atoms with Crippen molar-refractivity contribution in [3.8, 4) is 17.1 Å². The van der Waals surface area contributed by atoms with Crippen molar-refractivity contribution in [1.29, 1.82) is 0 Å². The molecule has 0 spiro atoms. The minimum absolute atomic E-state index is 0.229. The van der Waals surface area contributed by atoms with Crippen molar-refractivity contribution in [3.63, 3.8) is 0 Å². The molecule has 1 aliphatic rings. The van der Waals surface area contributed by atoms with Crippen LogP contribution in [0.1, 0.15) is 40.7 Å². The highest BCUT2D eigenvalue weighted by Crippen LogP contribution is 2.39. The second-order valence-electron chi connectivity index (χ2n) is 7.43. The van der Waals surface area contributed by atoms with Gasteiger partial charge in [-0.25, -0.2) is 13.5 Å². The van der Waals surface area contributed by atoms with E-state index in [1.54, 1.807) is 11.6 Å². The normalized spacial score (nSPS) is 13.4. The Labute approximate surface area is 175 Å². The average molecular weight is 421 g/mol. The molecule has 1 fully saturated rings. The van der Waals surface area contributed by atoms with Gasteiger partial charge in [0.2, 0.25) is 11.7 Å². The quantitative estimate of drug-likeness (QED) is 0.507. The molecule has 1 saturated carbocycles. The second kappa shape index (κ2) is 7.42. The summed E-state index contributed by atoms with van der Waals surface area (Å²) >= 11 is 0. The van der Waals surface area contributed by atoms with Crippen LogP contribution in [-0.2, 0) is 0 Å². The minimum Gasteiger partial charge on any atom is -0.339 e. The monoisotopic (exact) mass is 421 g/mol.